The number of ether oxygens (including phenoxy) is 1. The fourth-order valence-corrected chi connectivity index (χ4v) is 2.53. The molecular formula is C10H9N3O2S. The summed E-state index contributed by atoms with van der Waals surface area (Å²) in [6, 6.07) is 4.04. The van der Waals surface area contributed by atoms with Crippen LogP contribution in [0.5, 0.6) is 0 Å². The predicted molar refractivity (Wildman–Crippen MR) is 57.3 cm³/mol. The molecule has 0 N–H and O–H groups in total. The lowest BCUT2D eigenvalue weighted by Crippen LogP contribution is -2.21. The SMILES string of the molecule is O=Cc1nnn2c1CO[C@@H](c1cccs1)C2. The molecule has 0 fully saturated rings. The number of aldehydes is 1. The van der Waals surface area contributed by atoms with Gasteiger partial charge in [-0.2, -0.15) is 0 Å². The molecule has 0 radical (unpaired) electrons. The highest BCUT2D eigenvalue weighted by Gasteiger charge is 2.24. The van der Waals surface area contributed by atoms with Crippen LogP contribution in [0, 0.1) is 0 Å². The second-order valence-corrected chi connectivity index (χ2v) is 4.52. The molecule has 5 nitrogen and oxygen atoms in total. The van der Waals surface area contributed by atoms with Gasteiger partial charge in [-0.3, -0.25) is 4.79 Å². The van der Waals surface area contributed by atoms with Crippen molar-refractivity contribution in [3.8, 4) is 0 Å². The van der Waals surface area contributed by atoms with Gasteiger partial charge in [-0.1, -0.05) is 11.3 Å². The number of carbonyl (C=O) groups excluding carboxylic acids is 1. The van der Waals surface area contributed by atoms with Crippen molar-refractivity contribution in [2.75, 3.05) is 0 Å². The van der Waals surface area contributed by atoms with E-state index in [-0.39, 0.29) is 6.10 Å². The van der Waals surface area contributed by atoms with E-state index in [1.165, 1.54) is 4.88 Å². The summed E-state index contributed by atoms with van der Waals surface area (Å²) in [7, 11) is 0. The van der Waals surface area contributed by atoms with E-state index in [9.17, 15) is 4.79 Å². The second-order valence-electron chi connectivity index (χ2n) is 3.54. The summed E-state index contributed by atoms with van der Waals surface area (Å²) in [6.07, 6.45) is 0.738. The molecule has 1 aliphatic heterocycles. The Balaban J connectivity index is 1.90. The maximum Gasteiger partial charge on any atom is 0.172 e. The molecule has 1 atom stereocenters. The van der Waals surface area contributed by atoms with Crippen molar-refractivity contribution in [2.24, 2.45) is 0 Å². The zero-order valence-electron chi connectivity index (χ0n) is 8.37. The van der Waals surface area contributed by atoms with E-state index >= 15 is 0 Å². The Kier molecular flexibility index (Phi) is 2.30. The van der Waals surface area contributed by atoms with Gasteiger partial charge in [0.2, 0.25) is 0 Å². The number of hydrogen-bond acceptors (Lipinski definition) is 5. The number of fused-ring (bicyclic) bond motifs is 1. The van der Waals surface area contributed by atoms with Crippen LogP contribution in [0.15, 0.2) is 17.5 Å². The topological polar surface area (TPSA) is 57.0 Å². The average molecular weight is 235 g/mol. The molecule has 6 heteroatoms. The first kappa shape index (κ1) is 9.68. The Morgan fingerprint density at radius 1 is 1.62 bits per heavy atom. The Labute approximate surface area is 95.7 Å². The maximum atomic E-state index is 10.7. The highest BCUT2D eigenvalue weighted by Crippen LogP contribution is 2.29. The van der Waals surface area contributed by atoms with Crippen molar-refractivity contribution in [1.82, 2.24) is 15.0 Å². The highest BCUT2D eigenvalue weighted by molar-refractivity contribution is 7.10. The number of carbonyl (C=O) groups is 1. The molecule has 0 amide bonds. The Morgan fingerprint density at radius 3 is 3.31 bits per heavy atom. The fourth-order valence-electron chi connectivity index (χ4n) is 1.77. The molecule has 3 heterocycles. The molecule has 0 bridgehead atoms. The average Bonchev–Trinajstić information content (AvgIpc) is 2.97. The summed E-state index contributed by atoms with van der Waals surface area (Å²) in [5.74, 6) is 0. The van der Waals surface area contributed by atoms with Gasteiger partial charge in [-0.05, 0) is 11.4 Å². The molecule has 3 rings (SSSR count). The highest BCUT2D eigenvalue weighted by atomic mass is 32.1. The molecule has 82 valence electrons. The minimum absolute atomic E-state index is 0.0219. The molecule has 0 aliphatic carbocycles. The zero-order valence-corrected chi connectivity index (χ0v) is 9.18. The second kappa shape index (κ2) is 3.80. The molecule has 0 spiro atoms. The standard InChI is InChI=1S/C10H9N3O2S/c14-5-7-8-6-15-9(4-13(8)12-11-7)10-2-1-3-16-10/h1-3,5,9H,4,6H2/t9-/m1/s1. The summed E-state index contributed by atoms with van der Waals surface area (Å²) in [5.41, 5.74) is 1.15. The summed E-state index contributed by atoms with van der Waals surface area (Å²) in [4.78, 5) is 11.9. The first-order valence-corrected chi connectivity index (χ1v) is 5.79. The van der Waals surface area contributed by atoms with E-state index in [0.717, 1.165) is 5.69 Å². The number of thiophene rings is 1. The monoisotopic (exact) mass is 235 g/mol. The molecular weight excluding hydrogens is 226 g/mol. The third-order valence-electron chi connectivity index (χ3n) is 2.60. The van der Waals surface area contributed by atoms with E-state index in [4.69, 9.17) is 4.74 Å². The number of rotatable bonds is 2. The molecule has 16 heavy (non-hydrogen) atoms. The van der Waals surface area contributed by atoms with E-state index in [1.54, 1.807) is 16.0 Å². The van der Waals surface area contributed by atoms with Gasteiger partial charge in [0.25, 0.3) is 0 Å². The van der Waals surface area contributed by atoms with Crippen molar-refractivity contribution in [3.05, 3.63) is 33.8 Å². The maximum absolute atomic E-state index is 10.7. The van der Waals surface area contributed by atoms with Gasteiger partial charge in [-0.15, -0.1) is 16.4 Å². The predicted octanol–water partition coefficient (Wildman–Crippen LogP) is 1.42. The van der Waals surface area contributed by atoms with Crippen molar-refractivity contribution >= 4 is 17.6 Å². The summed E-state index contributed by atoms with van der Waals surface area (Å²) < 4.78 is 7.45. The lowest BCUT2D eigenvalue weighted by Gasteiger charge is -2.22. The van der Waals surface area contributed by atoms with Crippen molar-refractivity contribution in [1.29, 1.82) is 0 Å². The van der Waals surface area contributed by atoms with E-state index in [0.29, 0.717) is 25.1 Å². The summed E-state index contributed by atoms with van der Waals surface area (Å²) in [5, 5.41) is 9.77. The van der Waals surface area contributed by atoms with Gasteiger partial charge in [0, 0.05) is 4.88 Å². The molecule has 2 aromatic heterocycles. The van der Waals surface area contributed by atoms with Crippen LogP contribution in [0.4, 0.5) is 0 Å². The summed E-state index contributed by atoms with van der Waals surface area (Å²) >= 11 is 1.66. The van der Waals surface area contributed by atoms with E-state index in [1.807, 2.05) is 17.5 Å². The van der Waals surface area contributed by atoms with Crippen molar-refractivity contribution < 1.29 is 9.53 Å². The van der Waals surface area contributed by atoms with Gasteiger partial charge < -0.3 is 4.74 Å². The molecule has 0 saturated carbocycles. The third kappa shape index (κ3) is 1.46. The van der Waals surface area contributed by atoms with Gasteiger partial charge in [-0.25, -0.2) is 4.68 Å². The first-order valence-electron chi connectivity index (χ1n) is 4.91. The minimum Gasteiger partial charge on any atom is -0.364 e. The van der Waals surface area contributed by atoms with Crippen LogP contribution < -0.4 is 0 Å². The Bertz CT molecular complexity index is 506. The third-order valence-corrected chi connectivity index (χ3v) is 3.56. The van der Waals surface area contributed by atoms with Crippen LogP contribution in [-0.4, -0.2) is 21.3 Å². The zero-order chi connectivity index (χ0) is 11.0. The molecule has 2 aromatic rings. The Hall–Kier alpha value is -1.53. The largest absolute Gasteiger partial charge is 0.364 e. The quantitative estimate of drug-likeness (QED) is 0.739. The van der Waals surface area contributed by atoms with Gasteiger partial charge in [0.1, 0.15) is 6.10 Å². The van der Waals surface area contributed by atoms with Crippen LogP contribution in [0.2, 0.25) is 0 Å². The van der Waals surface area contributed by atoms with E-state index in [2.05, 4.69) is 10.3 Å². The lowest BCUT2D eigenvalue weighted by molar-refractivity contribution is 0.000546. The van der Waals surface area contributed by atoms with Crippen LogP contribution in [0.3, 0.4) is 0 Å². The molecule has 0 saturated heterocycles. The van der Waals surface area contributed by atoms with Gasteiger partial charge in [0.05, 0.1) is 18.8 Å². The normalized spacial score (nSPS) is 19.4. The van der Waals surface area contributed by atoms with Crippen LogP contribution in [-0.2, 0) is 17.9 Å². The fraction of sp³-hybridized carbons (Fsp3) is 0.300. The number of hydrogen-bond donors (Lipinski definition) is 0. The van der Waals surface area contributed by atoms with Crippen LogP contribution >= 0.6 is 11.3 Å². The lowest BCUT2D eigenvalue weighted by atomic mass is 10.2. The molecule has 0 unspecified atom stereocenters. The van der Waals surface area contributed by atoms with Gasteiger partial charge >= 0.3 is 0 Å². The van der Waals surface area contributed by atoms with Gasteiger partial charge in [0.15, 0.2) is 12.0 Å². The summed E-state index contributed by atoms with van der Waals surface area (Å²) in [6.45, 7) is 1.01. The van der Waals surface area contributed by atoms with Crippen LogP contribution in [0.25, 0.3) is 0 Å². The molecule has 0 aromatic carbocycles. The van der Waals surface area contributed by atoms with Crippen molar-refractivity contribution in [3.63, 3.8) is 0 Å². The van der Waals surface area contributed by atoms with Crippen LogP contribution in [0.1, 0.15) is 27.2 Å². The Morgan fingerprint density at radius 2 is 2.56 bits per heavy atom. The minimum atomic E-state index is 0.0219. The molecule has 1 aliphatic rings. The van der Waals surface area contributed by atoms with E-state index < -0.39 is 0 Å². The van der Waals surface area contributed by atoms with Crippen molar-refractivity contribution in [2.45, 2.75) is 19.3 Å². The number of aromatic nitrogens is 3. The number of nitrogens with zero attached hydrogens (tertiary/aromatic N) is 3. The smallest absolute Gasteiger partial charge is 0.172 e. The first-order chi connectivity index (χ1) is 7.88.